The van der Waals surface area contributed by atoms with Gasteiger partial charge in [0.15, 0.2) is 0 Å². The normalized spacial score (nSPS) is 8.14. The van der Waals surface area contributed by atoms with Gasteiger partial charge in [-0.15, -0.1) is 0 Å². The van der Waals surface area contributed by atoms with Crippen molar-refractivity contribution in [2.24, 2.45) is 0 Å². The van der Waals surface area contributed by atoms with Crippen LogP contribution in [0, 0.1) is 0 Å². The van der Waals surface area contributed by atoms with Gasteiger partial charge >= 0.3 is 14.8 Å². The van der Waals surface area contributed by atoms with Crippen molar-refractivity contribution in [2.75, 3.05) is 7.11 Å². The third-order valence-electron chi connectivity index (χ3n) is 0.278. The number of methoxy groups -OCH3 is 1. The van der Waals surface area contributed by atoms with E-state index in [4.69, 9.17) is 0 Å². The molecular formula is C2H3O4P. The Morgan fingerprint density at radius 1 is 1.71 bits per heavy atom. The van der Waals surface area contributed by atoms with Gasteiger partial charge in [0.1, 0.15) is 0 Å². The van der Waals surface area contributed by atoms with Crippen LogP contribution in [0.4, 0.5) is 4.79 Å². The first-order chi connectivity index (χ1) is 3.31. The molecule has 0 rings (SSSR count). The fourth-order valence-electron chi connectivity index (χ4n) is 0.0677. The van der Waals surface area contributed by atoms with Crippen LogP contribution in [0.15, 0.2) is 0 Å². The predicted molar refractivity (Wildman–Crippen MR) is 21.1 cm³/mol. The molecule has 0 amide bonds. The lowest BCUT2D eigenvalue weighted by molar-refractivity contribution is 0.126. The summed E-state index contributed by atoms with van der Waals surface area (Å²) < 4.78 is 17.0. The predicted octanol–water partition coefficient (Wildman–Crippen LogP) is 0.976. The van der Waals surface area contributed by atoms with Gasteiger partial charge in [0, 0.05) is 0 Å². The largest absolute Gasteiger partial charge is 0.518 e. The summed E-state index contributed by atoms with van der Waals surface area (Å²) in [6, 6.07) is 0. The van der Waals surface area contributed by atoms with Crippen molar-refractivity contribution >= 4 is 14.8 Å². The van der Waals surface area contributed by atoms with E-state index < -0.39 is 14.8 Å². The van der Waals surface area contributed by atoms with Gasteiger partial charge in [-0.2, -0.15) is 0 Å². The van der Waals surface area contributed by atoms with Crippen molar-refractivity contribution in [1.82, 2.24) is 0 Å². The van der Waals surface area contributed by atoms with E-state index >= 15 is 0 Å². The number of hydrogen-bond acceptors (Lipinski definition) is 4. The highest BCUT2D eigenvalue weighted by molar-refractivity contribution is 7.18. The first-order valence-corrected chi connectivity index (χ1v) is 2.12. The summed E-state index contributed by atoms with van der Waals surface area (Å²) >= 11 is 0. The molecule has 7 heavy (non-hydrogen) atoms. The number of rotatable bonds is 1. The molecule has 0 heterocycles. The molecule has 5 heteroatoms. The van der Waals surface area contributed by atoms with E-state index in [1.165, 1.54) is 0 Å². The standard InChI is InChI=1S/C2H3O4P/c1-5-2(3)6-7-4/h1H3. The quantitative estimate of drug-likeness (QED) is 0.384. The third kappa shape index (κ3) is 3.19. The van der Waals surface area contributed by atoms with Crippen molar-refractivity contribution in [2.45, 2.75) is 0 Å². The van der Waals surface area contributed by atoms with Gasteiger partial charge in [-0.25, -0.2) is 9.36 Å². The van der Waals surface area contributed by atoms with Gasteiger partial charge in [-0.3, -0.25) is 0 Å². The molecule has 0 spiro atoms. The Kier molecular flexibility index (Phi) is 3.24. The highest BCUT2D eigenvalue weighted by Crippen LogP contribution is 1.94. The van der Waals surface area contributed by atoms with Crippen molar-refractivity contribution in [3.8, 4) is 0 Å². The van der Waals surface area contributed by atoms with Crippen LogP contribution in [-0.4, -0.2) is 13.3 Å². The van der Waals surface area contributed by atoms with Crippen LogP contribution >= 0.6 is 8.69 Å². The molecule has 4 nitrogen and oxygen atoms in total. The van der Waals surface area contributed by atoms with Gasteiger partial charge in [0.2, 0.25) is 0 Å². The number of carbonyl (C=O) groups is 1. The van der Waals surface area contributed by atoms with E-state index in [-0.39, 0.29) is 0 Å². The van der Waals surface area contributed by atoms with Crippen LogP contribution in [0.2, 0.25) is 0 Å². The molecule has 0 aromatic heterocycles. The van der Waals surface area contributed by atoms with Crippen LogP contribution in [-0.2, 0) is 13.8 Å². The Morgan fingerprint density at radius 3 is 2.43 bits per heavy atom. The smallest absolute Gasteiger partial charge is 0.437 e. The molecule has 0 radical (unpaired) electrons. The van der Waals surface area contributed by atoms with Crippen LogP contribution in [0.25, 0.3) is 0 Å². The Balaban J connectivity index is 3.17. The lowest BCUT2D eigenvalue weighted by atomic mass is 11.4. The first-order valence-electron chi connectivity index (χ1n) is 1.39. The molecule has 0 fully saturated rings. The number of carbonyl (C=O) groups excluding carboxylic acids is 1. The molecule has 0 unspecified atom stereocenters. The van der Waals surface area contributed by atoms with Gasteiger partial charge in [0.05, 0.1) is 7.11 Å². The lowest BCUT2D eigenvalue weighted by Gasteiger charge is -1.86. The summed E-state index contributed by atoms with van der Waals surface area (Å²) in [5.41, 5.74) is 0. The second-order valence-corrected chi connectivity index (χ2v) is 0.952. The maximum Gasteiger partial charge on any atom is 0.518 e. The van der Waals surface area contributed by atoms with Gasteiger partial charge in [0.25, 0.3) is 0 Å². The summed E-state index contributed by atoms with van der Waals surface area (Å²) in [5.74, 6) is 0. The van der Waals surface area contributed by atoms with Crippen molar-refractivity contribution < 1.29 is 18.6 Å². The van der Waals surface area contributed by atoms with Gasteiger partial charge < -0.3 is 9.26 Å². The van der Waals surface area contributed by atoms with Crippen molar-refractivity contribution in [3.63, 3.8) is 0 Å². The van der Waals surface area contributed by atoms with E-state index in [1.54, 1.807) is 0 Å². The molecule has 0 atom stereocenters. The summed E-state index contributed by atoms with van der Waals surface area (Å²) in [4.78, 5) is 9.76. The van der Waals surface area contributed by atoms with E-state index in [0.717, 1.165) is 7.11 Å². The molecule has 0 aromatic carbocycles. The Morgan fingerprint density at radius 2 is 2.29 bits per heavy atom. The zero-order valence-electron chi connectivity index (χ0n) is 3.58. The molecule has 0 aliphatic rings. The molecule has 0 bridgehead atoms. The number of hydrogen-bond donors (Lipinski definition) is 0. The average Bonchev–Trinajstić information content (AvgIpc) is 1.68. The Hall–Kier alpha value is -0.630. The summed E-state index contributed by atoms with van der Waals surface area (Å²) in [7, 11) is 0.448. The van der Waals surface area contributed by atoms with Crippen LogP contribution < -0.4 is 0 Å². The third-order valence-corrected chi connectivity index (χ3v) is 0.502. The zero-order chi connectivity index (χ0) is 5.70. The second-order valence-electron chi connectivity index (χ2n) is 0.620. The van der Waals surface area contributed by atoms with Crippen LogP contribution in [0.5, 0.6) is 0 Å². The minimum atomic E-state index is -0.948. The first kappa shape index (κ1) is 6.37. The SMILES string of the molecule is COC(=O)OP=O. The van der Waals surface area contributed by atoms with E-state index in [0.29, 0.717) is 0 Å². The molecule has 0 aliphatic carbocycles. The van der Waals surface area contributed by atoms with Crippen LogP contribution in [0.3, 0.4) is 0 Å². The topological polar surface area (TPSA) is 52.6 Å². The molecule has 0 N–H and O–H groups in total. The monoisotopic (exact) mass is 122 g/mol. The molecule has 0 aliphatic heterocycles. The minimum absolute atomic E-state index is 0.685. The van der Waals surface area contributed by atoms with Crippen molar-refractivity contribution in [1.29, 1.82) is 0 Å². The second kappa shape index (κ2) is 3.56. The summed E-state index contributed by atoms with van der Waals surface area (Å²) in [6.45, 7) is 0. The fourth-order valence-corrected chi connectivity index (χ4v) is 0.203. The van der Waals surface area contributed by atoms with Crippen LogP contribution in [0.1, 0.15) is 0 Å². The average molecular weight is 122 g/mol. The highest BCUT2D eigenvalue weighted by Gasteiger charge is 1.95. The molecule has 0 aromatic rings. The lowest BCUT2D eigenvalue weighted by Crippen LogP contribution is -1.94. The number of ether oxygens (including phenoxy) is 1. The van der Waals surface area contributed by atoms with Crippen molar-refractivity contribution in [3.05, 3.63) is 0 Å². The highest BCUT2D eigenvalue weighted by atomic mass is 31.1. The molecular weight excluding hydrogens is 119 g/mol. The summed E-state index contributed by atoms with van der Waals surface area (Å²) in [6.07, 6.45) is -0.948. The maximum absolute atomic E-state index is 9.76. The summed E-state index contributed by atoms with van der Waals surface area (Å²) in [5, 5.41) is 0. The molecule has 0 saturated carbocycles. The maximum atomic E-state index is 9.76. The Bertz CT molecular complexity index is 79.8. The van der Waals surface area contributed by atoms with E-state index in [2.05, 4.69) is 9.26 Å². The van der Waals surface area contributed by atoms with Gasteiger partial charge in [-0.05, 0) is 0 Å². The zero-order valence-corrected chi connectivity index (χ0v) is 4.47. The fraction of sp³-hybridized carbons (Fsp3) is 0.500. The van der Waals surface area contributed by atoms with E-state index in [9.17, 15) is 9.36 Å². The minimum Gasteiger partial charge on any atom is -0.437 e. The van der Waals surface area contributed by atoms with E-state index in [1.807, 2.05) is 0 Å². The molecule has 0 saturated heterocycles. The Labute approximate surface area is 41.7 Å². The van der Waals surface area contributed by atoms with Gasteiger partial charge in [-0.1, -0.05) is 0 Å². The molecule has 40 valence electrons.